The molecule has 66 valence electrons. The summed E-state index contributed by atoms with van der Waals surface area (Å²) in [5.74, 6) is 0. The fourth-order valence-corrected chi connectivity index (χ4v) is 2.10. The van der Waals surface area contributed by atoms with Crippen molar-refractivity contribution in [3.05, 3.63) is 16.4 Å². The SMILES string of the molecule is Cc1nn(C2CCCC2)cc1Br. The second-order valence-corrected chi connectivity index (χ2v) is 4.34. The van der Waals surface area contributed by atoms with Crippen LogP contribution in [0.15, 0.2) is 10.7 Å². The summed E-state index contributed by atoms with van der Waals surface area (Å²) in [6, 6.07) is 0.662. The Balaban J connectivity index is 2.21. The van der Waals surface area contributed by atoms with Gasteiger partial charge < -0.3 is 0 Å². The molecule has 1 aromatic rings. The van der Waals surface area contributed by atoms with Gasteiger partial charge in [0.1, 0.15) is 0 Å². The van der Waals surface area contributed by atoms with Crippen LogP contribution in [0.1, 0.15) is 37.4 Å². The Morgan fingerprint density at radius 2 is 2.17 bits per heavy atom. The number of halogens is 1. The number of hydrogen-bond donors (Lipinski definition) is 0. The third-order valence-corrected chi connectivity index (χ3v) is 3.33. The van der Waals surface area contributed by atoms with Gasteiger partial charge in [-0.1, -0.05) is 12.8 Å². The van der Waals surface area contributed by atoms with Gasteiger partial charge in [-0.15, -0.1) is 0 Å². The smallest absolute Gasteiger partial charge is 0.0735 e. The fraction of sp³-hybridized carbons (Fsp3) is 0.667. The van der Waals surface area contributed by atoms with Crippen LogP contribution in [-0.4, -0.2) is 9.78 Å². The Bertz CT molecular complexity index is 255. The lowest BCUT2D eigenvalue weighted by Crippen LogP contribution is -2.04. The molecule has 0 spiro atoms. The third kappa shape index (κ3) is 1.42. The van der Waals surface area contributed by atoms with Crippen molar-refractivity contribution in [3.8, 4) is 0 Å². The summed E-state index contributed by atoms with van der Waals surface area (Å²) in [4.78, 5) is 0. The van der Waals surface area contributed by atoms with Gasteiger partial charge in [0.25, 0.3) is 0 Å². The molecule has 0 amide bonds. The lowest BCUT2D eigenvalue weighted by atomic mass is 10.3. The van der Waals surface area contributed by atoms with E-state index in [9.17, 15) is 0 Å². The molecule has 2 nitrogen and oxygen atoms in total. The van der Waals surface area contributed by atoms with E-state index in [0.717, 1.165) is 10.2 Å². The first-order valence-electron chi connectivity index (χ1n) is 4.48. The molecule has 1 aliphatic carbocycles. The zero-order valence-electron chi connectivity index (χ0n) is 7.26. The molecule has 1 fully saturated rings. The van der Waals surface area contributed by atoms with Gasteiger partial charge in [0.15, 0.2) is 0 Å². The van der Waals surface area contributed by atoms with E-state index in [4.69, 9.17) is 0 Å². The van der Waals surface area contributed by atoms with E-state index in [2.05, 4.69) is 31.9 Å². The quantitative estimate of drug-likeness (QED) is 0.723. The maximum Gasteiger partial charge on any atom is 0.0735 e. The largest absolute Gasteiger partial charge is 0.268 e. The Hall–Kier alpha value is -0.310. The van der Waals surface area contributed by atoms with Crippen LogP contribution in [0.2, 0.25) is 0 Å². The minimum Gasteiger partial charge on any atom is -0.268 e. The van der Waals surface area contributed by atoms with Crippen LogP contribution in [0.4, 0.5) is 0 Å². The molecule has 3 heteroatoms. The number of nitrogens with zero attached hydrogens (tertiary/aromatic N) is 2. The average Bonchev–Trinajstić information content (AvgIpc) is 2.61. The molecule has 2 rings (SSSR count). The standard InChI is InChI=1S/C9H13BrN2/c1-7-9(10)6-12(11-7)8-4-2-3-5-8/h6,8H,2-5H2,1H3. The summed E-state index contributed by atoms with van der Waals surface area (Å²) in [6.07, 6.45) is 7.43. The Morgan fingerprint density at radius 1 is 1.50 bits per heavy atom. The highest BCUT2D eigenvalue weighted by atomic mass is 79.9. The topological polar surface area (TPSA) is 17.8 Å². The van der Waals surface area contributed by atoms with Crippen molar-refractivity contribution in [2.75, 3.05) is 0 Å². The number of aromatic nitrogens is 2. The predicted octanol–water partition coefficient (Wildman–Crippen LogP) is 3.07. The predicted molar refractivity (Wildman–Crippen MR) is 52.2 cm³/mol. The van der Waals surface area contributed by atoms with Gasteiger partial charge in [0.05, 0.1) is 16.2 Å². The molecule has 0 aromatic carbocycles. The van der Waals surface area contributed by atoms with Gasteiger partial charge in [0.2, 0.25) is 0 Å². The number of rotatable bonds is 1. The molecule has 0 bridgehead atoms. The maximum absolute atomic E-state index is 4.46. The molecule has 12 heavy (non-hydrogen) atoms. The number of aryl methyl sites for hydroxylation is 1. The summed E-state index contributed by atoms with van der Waals surface area (Å²) >= 11 is 3.48. The van der Waals surface area contributed by atoms with Crippen molar-refractivity contribution in [2.45, 2.75) is 38.6 Å². The molecule has 1 heterocycles. The van der Waals surface area contributed by atoms with E-state index in [-0.39, 0.29) is 0 Å². The van der Waals surface area contributed by atoms with Crippen LogP contribution in [0, 0.1) is 6.92 Å². The second-order valence-electron chi connectivity index (χ2n) is 3.48. The van der Waals surface area contributed by atoms with Crippen molar-refractivity contribution in [1.82, 2.24) is 9.78 Å². The van der Waals surface area contributed by atoms with E-state index in [0.29, 0.717) is 6.04 Å². The van der Waals surface area contributed by atoms with E-state index in [1.807, 2.05) is 6.92 Å². The van der Waals surface area contributed by atoms with E-state index in [1.54, 1.807) is 0 Å². The molecular formula is C9H13BrN2. The fourth-order valence-electron chi connectivity index (χ4n) is 1.82. The van der Waals surface area contributed by atoms with Gasteiger partial charge in [0, 0.05) is 6.20 Å². The third-order valence-electron chi connectivity index (χ3n) is 2.56. The molecule has 1 saturated carbocycles. The lowest BCUT2D eigenvalue weighted by molar-refractivity contribution is 0.464. The summed E-state index contributed by atoms with van der Waals surface area (Å²) in [5, 5.41) is 4.46. The zero-order chi connectivity index (χ0) is 8.55. The van der Waals surface area contributed by atoms with Crippen LogP contribution in [0.3, 0.4) is 0 Å². The molecule has 0 aliphatic heterocycles. The first-order chi connectivity index (χ1) is 5.77. The van der Waals surface area contributed by atoms with Crippen LogP contribution in [0.5, 0.6) is 0 Å². The monoisotopic (exact) mass is 228 g/mol. The van der Waals surface area contributed by atoms with Gasteiger partial charge in [-0.25, -0.2) is 0 Å². The molecule has 0 saturated heterocycles. The van der Waals surface area contributed by atoms with E-state index >= 15 is 0 Å². The summed E-state index contributed by atoms with van der Waals surface area (Å²) in [6.45, 7) is 2.04. The van der Waals surface area contributed by atoms with Crippen molar-refractivity contribution in [1.29, 1.82) is 0 Å². The minimum absolute atomic E-state index is 0.662. The van der Waals surface area contributed by atoms with Crippen LogP contribution >= 0.6 is 15.9 Å². The summed E-state index contributed by atoms with van der Waals surface area (Å²) < 4.78 is 3.25. The summed E-state index contributed by atoms with van der Waals surface area (Å²) in [5.41, 5.74) is 1.10. The minimum atomic E-state index is 0.662. The van der Waals surface area contributed by atoms with Crippen molar-refractivity contribution < 1.29 is 0 Å². The lowest BCUT2D eigenvalue weighted by Gasteiger charge is -2.08. The van der Waals surface area contributed by atoms with E-state index < -0.39 is 0 Å². The van der Waals surface area contributed by atoms with Crippen LogP contribution in [-0.2, 0) is 0 Å². The van der Waals surface area contributed by atoms with Gasteiger partial charge in [-0.05, 0) is 35.7 Å². The normalized spacial score (nSPS) is 18.8. The van der Waals surface area contributed by atoms with Crippen LogP contribution < -0.4 is 0 Å². The van der Waals surface area contributed by atoms with Crippen LogP contribution in [0.25, 0.3) is 0 Å². The van der Waals surface area contributed by atoms with Gasteiger partial charge in [-0.3, -0.25) is 4.68 Å². The highest BCUT2D eigenvalue weighted by molar-refractivity contribution is 9.10. The van der Waals surface area contributed by atoms with Crippen molar-refractivity contribution in [3.63, 3.8) is 0 Å². The maximum atomic E-state index is 4.46. The number of hydrogen-bond acceptors (Lipinski definition) is 1. The van der Waals surface area contributed by atoms with Crippen molar-refractivity contribution >= 4 is 15.9 Å². The molecule has 1 aliphatic rings. The van der Waals surface area contributed by atoms with E-state index in [1.165, 1.54) is 25.7 Å². The Labute approximate surface area is 81.1 Å². The molecule has 0 radical (unpaired) electrons. The Kier molecular flexibility index (Phi) is 2.22. The molecule has 0 atom stereocenters. The first-order valence-corrected chi connectivity index (χ1v) is 5.28. The second kappa shape index (κ2) is 3.21. The molecular weight excluding hydrogens is 216 g/mol. The Morgan fingerprint density at radius 3 is 2.67 bits per heavy atom. The summed E-state index contributed by atoms with van der Waals surface area (Å²) in [7, 11) is 0. The van der Waals surface area contributed by atoms with Gasteiger partial charge >= 0.3 is 0 Å². The van der Waals surface area contributed by atoms with Gasteiger partial charge in [-0.2, -0.15) is 5.10 Å². The molecule has 0 N–H and O–H groups in total. The molecule has 1 aromatic heterocycles. The highest BCUT2D eigenvalue weighted by Crippen LogP contribution is 2.30. The zero-order valence-corrected chi connectivity index (χ0v) is 8.84. The first kappa shape index (κ1) is 8.30. The average molecular weight is 229 g/mol. The van der Waals surface area contributed by atoms with Crippen molar-refractivity contribution in [2.24, 2.45) is 0 Å². The highest BCUT2D eigenvalue weighted by Gasteiger charge is 2.17. The molecule has 0 unspecified atom stereocenters.